The second-order valence-corrected chi connectivity index (χ2v) is 3.18. The molecule has 2 heteroatoms. The summed E-state index contributed by atoms with van der Waals surface area (Å²) in [7, 11) is 0. The third kappa shape index (κ3) is 2.78. The van der Waals surface area contributed by atoms with Crippen molar-refractivity contribution in [2.24, 2.45) is 4.99 Å². The second-order valence-electron chi connectivity index (χ2n) is 3.18. The number of hydrogen-bond donors (Lipinski definition) is 0. The number of rotatable bonds is 1. The van der Waals surface area contributed by atoms with Crippen LogP contribution in [0.3, 0.4) is 0 Å². The van der Waals surface area contributed by atoms with Gasteiger partial charge in [0, 0.05) is 18.0 Å². The molecule has 0 fully saturated rings. The largest absolute Gasteiger partial charge is 0.255 e. The van der Waals surface area contributed by atoms with E-state index in [1.54, 1.807) is 12.4 Å². The van der Waals surface area contributed by atoms with E-state index in [-0.39, 0.29) is 0 Å². The van der Waals surface area contributed by atoms with Crippen LogP contribution in [0.5, 0.6) is 0 Å². The number of nitrogens with zero attached hydrogens (tertiary/aromatic N) is 2. The average molecular weight is 226 g/mol. The number of hydrogen-bond acceptors (Lipinski definition) is 2. The van der Waals surface area contributed by atoms with Crippen molar-refractivity contribution in [1.29, 1.82) is 0 Å². The summed E-state index contributed by atoms with van der Waals surface area (Å²) in [5, 5.41) is 0. The lowest BCUT2D eigenvalue weighted by atomic mass is 9.96. The Morgan fingerprint density at radius 2 is 2.06 bits per heavy atom. The van der Waals surface area contributed by atoms with Crippen molar-refractivity contribution in [3.05, 3.63) is 60.1 Å². The molecule has 2 nitrogen and oxygen atoms in total. The molecule has 0 unspecified atom stereocenters. The molecule has 0 radical (unpaired) electrons. The van der Waals surface area contributed by atoms with Crippen molar-refractivity contribution in [2.45, 2.75) is 20.8 Å². The van der Waals surface area contributed by atoms with E-state index in [2.05, 4.69) is 22.6 Å². The van der Waals surface area contributed by atoms with E-state index < -0.39 is 0 Å². The molecule has 0 aromatic carbocycles. The summed E-state index contributed by atoms with van der Waals surface area (Å²) in [5.74, 6) is 0. The van der Waals surface area contributed by atoms with Gasteiger partial charge in [0.1, 0.15) is 0 Å². The van der Waals surface area contributed by atoms with E-state index in [1.807, 2.05) is 45.1 Å². The quantitative estimate of drug-likeness (QED) is 0.710. The fraction of sp³-hybridized carbons (Fsp3) is 0.200. The van der Waals surface area contributed by atoms with E-state index in [9.17, 15) is 0 Å². The minimum atomic E-state index is 0.894. The van der Waals surface area contributed by atoms with Crippen LogP contribution in [-0.4, -0.2) is 10.7 Å². The van der Waals surface area contributed by atoms with E-state index in [0.717, 1.165) is 22.5 Å². The van der Waals surface area contributed by atoms with Gasteiger partial charge in [0.2, 0.25) is 0 Å². The van der Waals surface area contributed by atoms with E-state index in [4.69, 9.17) is 0 Å². The zero-order valence-corrected chi connectivity index (χ0v) is 10.6. The molecular weight excluding hydrogens is 208 g/mol. The highest BCUT2D eigenvalue weighted by Crippen LogP contribution is 2.21. The van der Waals surface area contributed by atoms with E-state index in [0.29, 0.717) is 0 Å². The summed E-state index contributed by atoms with van der Waals surface area (Å²) in [6.07, 6.45) is 9.46. The predicted molar refractivity (Wildman–Crippen MR) is 75.1 cm³/mol. The number of pyridine rings is 1. The number of aliphatic imine (C=N–C) groups is 1. The SMILES string of the molecule is C=CN=C1/C(=C\C)C=Cc2cccnc21.CC. The van der Waals surface area contributed by atoms with Crippen molar-refractivity contribution in [3.8, 4) is 0 Å². The summed E-state index contributed by atoms with van der Waals surface area (Å²) >= 11 is 0. The molecule has 0 aliphatic heterocycles. The van der Waals surface area contributed by atoms with Crippen LogP contribution in [0.4, 0.5) is 0 Å². The van der Waals surface area contributed by atoms with Crippen molar-refractivity contribution in [1.82, 2.24) is 4.98 Å². The molecule has 0 N–H and O–H groups in total. The molecule has 0 saturated heterocycles. The van der Waals surface area contributed by atoms with Crippen molar-refractivity contribution in [2.75, 3.05) is 0 Å². The summed E-state index contributed by atoms with van der Waals surface area (Å²) in [5.41, 5.74) is 4.00. The molecule has 1 aliphatic rings. The van der Waals surface area contributed by atoms with Crippen LogP contribution >= 0.6 is 0 Å². The van der Waals surface area contributed by atoms with Gasteiger partial charge in [-0.3, -0.25) is 9.98 Å². The third-order valence-electron chi connectivity index (χ3n) is 2.31. The molecular formula is C15H18N2. The fourth-order valence-electron chi connectivity index (χ4n) is 1.61. The minimum absolute atomic E-state index is 0.894. The summed E-state index contributed by atoms with van der Waals surface area (Å²) < 4.78 is 0. The first-order valence-corrected chi connectivity index (χ1v) is 5.85. The Morgan fingerprint density at radius 3 is 2.71 bits per heavy atom. The van der Waals surface area contributed by atoms with Crippen LogP contribution in [0, 0.1) is 0 Å². The highest BCUT2D eigenvalue weighted by molar-refractivity contribution is 6.17. The fourth-order valence-corrected chi connectivity index (χ4v) is 1.61. The molecule has 0 spiro atoms. The van der Waals surface area contributed by atoms with Gasteiger partial charge in [-0.2, -0.15) is 0 Å². The average Bonchev–Trinajstić information content (AvgIpc) is 2.42. The van der Waals surface area contributed by atoms with Gasteiger partial charge in [-0.1, -0.05) is 44.7 Å². The van der Waals surface area contributed by atoms with Crippen molar-refractivity contribution >= 4 is 11.8 Å². The summed E-state index contributed by atoms with van der Waals surface area (Å²) in [4.78, 5) is 8.62. The van der Waals surface area contributed by atoms with Crippen LogP contribution in [0.1, 0.15) is 32.0 Å². The Kier molecular flexibility index (Phi) is 5.08. The van der Waals surface area contributed by atoms with Crippen LogP contribution in [-0.2, 0) is 0 Å². The molecule has 1 heterocycles. The van der Waals surface area contributed by atoms with Crippen molar-refractivity contribution < 1.29 is 0 Å². The molecule has 2 rings (SSSR count). The first-order chi connectivity index (χ1) is 8.36. The normalized spacial score (nSPS) is 17.4. The highest BCUT2D eigenvalue weighted by atomic mass is 14.8. The van der Waals surface area contributed by atoms with Crippen LogP contribution in [0.25, 0.3) is 6.08 Å². The second kappa shape index (κ2) is 6.59. The lowest BCUT2D eigenvalue weighted by Crippen LogP contribution is -2.11. The van der Waals surface area contributed by atoms with Crippen LogP contribution in [0.15, 0.2) is 53.8 Å². The lowest BCUT2D eigenvalue weighted by Gasteiger charge is -2.13. The van der Waals surface area contributed by atoms with Gasteiger partial charge in [-0.25, -0.2) is 0 Å². The number of allylic oxidation sites excluding steroid dienone is 3. The van der Waals surface area contributed by atoms with Gasteiger partial charge in [0.25, 0.3) is 0 Å². The first-order valence-electron chi connectivity index (χ1n) is 5.85. The topological polar surface area (TPSA) is 25.2 Å². The van der Waals surface area contributed by atoms with Crippen molar-refractivity contribution in [3.63, 3.8) is 0 Å². The minimum Gasteiger partial charge on any atom is -0.255 e. The Bertz CT molecular complexity index is 479. The monoisotopic (exact) mass is 226 g/mol. The molecule has 1 aromatic heterocycles. The van der Waals surface area contributed by atoms with Crippen LogP contribution in [0.2, 0.25) is 0 Å². The zero-order chi connectivity index (χ0) is 12.7. The maximum atomic E-state index is 4.35. The number of aromatic nitrogens is 1. The molecule has 0 atom stereocenters. The van der Waals surface area contributed by atoms with E-state index in [1.165, 1.54) is 0 Å². The standard InChI is InChI=1S/C13H12N2.C2H6/c1-3-10-7-8-11-6-5-9-15-13(11)12(10)14-4-2;1-2/h3-9H,2H2,1H3;1-2H3/b10-3-,14-12?;. The first kappa shape index (κ1) is 13.1. The predicted octanol–water partition coefficient (Wildman–Crippen LogP) is 4.01. The van der Waals surface area contributed by atoms with Gasteiger partial charge >= 0.3 is 0 Å². The van der Waals surface area contributed by atoms with Gasteiger partial charge in [-0.05, 0) is 18.6 Å². The summed E-state index contributed by atoms with van der Waals surface area (Å²) in [6.45, 7) is 9.62. The van der Waals surface area contributed by atoms with E-state index >= 15 is 0 Å². The summed E-state index contributed by atoms with van der Waals surface area (Å²) in [6, 6.07) is 3.96. The van der Waals surface area contributed by atoms with Gasteiger partial charge in [0.05, 0.1) is 11.4 Å². The van der Waals surface area contributed by atoms with Gasteiger partial charge in [0.15, 0.2) is 0 Å². The van der Waals surface area contributed by atoms with Crippen LogP contribution < -0.4 is 0 Å². The molecule has 0 bridgehead atoms. The maximum absolute atomic E-state index is 4.35. The zero-order valence-electron chi connectivity index (χ0n) is 10.6. The Labute approximate surface area is 103 Å². The molecule has 17 heavy (non-hydrogen) atoms. The lowest BCUT2D eigenvalue weighted by molar-refractivity contribution is 1.26. The molecule has 0 amide bonds. The third-order valence-corrected chi connectivity index (χ3v) is 2.31. The van der Waals surface area contributed by atoms with Gasteiger partial charge < -0.3 is 0 Å². The smallest absolute Gasteiger partial charge is 0.0964 e. The maximum Gasteiger partial charge on any atom is 0.0964 e. The Balaban J connectivity index is 0.000000686. The molecule has 0 saturated carbocycles. The Morgan fingerprint density at radius 1 is 1.29 bits per heavy atom. The van der Waals surface area contributed by atoms with Gasteiger partial charge in [-0.15, -0.1) is 0 Å². The highest BCUT2D eigenvalue weighted by Gasteiger charge is 2.15. The number of fused-ring (bicyclic) bond motifs is 1. The molecule has 88 valence electrons. The molecule has 1 aromatic rings. The Hall–Kier alpha value is -1.96. The molecule has 1 aliphatic carbocycles.